The minimum atomic E-state index is 0.142. The summed E-state index contributed by atoms with van der Waals surface area (Å²) in [6.07, 6.45) is 8.95. The molecule has 0 amide bonds. The molecule has 27 heavy (non-hydrogen) atoms. The quantitative estimate of drug-likeness (QED) is 0.375. The van der Waals surface area contributed by atoms with Gasteiger partial charge in [0.05, 0.1) is 6.33 Å². The molecule has 0 saturated heterocycles. The Kier molecular flexibility index (Phi) is 7.28. The third-order valence-corrected chi connectivity index (χ3v) is 7.03. The van der Waals surface area contributed by atoms with Gasteiger partial charge in [-0.15, -0.1) is 0 Å². The smallest absolute Gasteiger partial charge is 0.0945 e. The van der Waals surface area contributed by atoms with Crippen LogP contribution in [0.3, 0.4) is 0 Å². The molecule has 0 radical (unpaired) electrons. The summed E-state index contributed by atoms with van der Waals surface area (Å²) in [5.74, 6) is 0.917. The van der Waals surface area contributed by atoms with Crippen LogP contribution in [0.5, 0.6) is 0 Å². The normalized spacial score (nSPS) is 13.4. The van der Waals surface area contributed by atoms with Gasteiger partial charge in [0, 0.05) is 39.5 Å². The first kappa shape index (κ1) is 20.3. The van der Waals surface area contributed by atoms with E-state index in [1.54, 1.807) is 0 Å². The van der Waals surface area contributed by atoms with E-state index >= 15 is 0 Å². The molecule has 0 aliphatic carbocycles. The van der Waals surface area contributed by atoms with Crippen molar-refractivity contribution in [1.82, 2.24) is 9.55 Å². The zero-order chi connectivity index (χ0) is 19.1. The number of benzene rings is 2. The Morgan fingerprint density at radius 3 is 2.52 bits per heavy atom. The highest BCUT2D eigenvalue weighted by Crippen LogP contribution is 2.37. The van der Waals surface area contributed by atoms with Gasteiger partial charge in [-0.1, -0.05) is 60.5 Å². The fraction of sp³-hybridized carbons (Fsp3) is 0.318. The number of aromatic nitrogens is 2. The molecule has 1 heterocycles. The monoisotopic (exact) mass is 418 g/mol. The maximum Gasteiger partial charge on any atom is 0.0945 e. The highest BCUT2D eigenvalue weighted by molar-refractivity contribution is 7.99. The molecule has 2 nitrogen and oxygen atoms in total. The minimum absolute atomic E-state index is 0.142. The molecule has 1 atom stereocenters. The van der Waals surface area contributed by atoms with Crippen LogP contribution < -0.4 is 0 Å². The van der Waals surface area contributed by atoms with Crippen LogP contribution in [0.15, 0.2) is 67.3 Å². The number of imidazole rings is 1. The summed E-state index contributed by atoms with van der Waals surface area (Å²) in [6, 6.07) is 16.3. The highest BCUT2D eigenvalue weighted by atomic mass is 35.5. The van der Waals surface area contributed by atoms with Crippen LogP contribution in [-0.2, 0) is 18.7 Å². The number of hydrogen-bond donors (Lipinski definition) is 0. The van der Waals surface area contributed by atoms with E-state index < -0.39 is 0 Å². The molecule has 0 spiro atoms. The maximum absolute atomic E-state index is 6.36. The van der Waals surface area contributed by atoms with Gasteiger partial charge in [-0.3, -0.25) is 0 Å². The summed E-state index contributed by atoms with van der Waals surface area (Å²) >= 11 is 14.4. The number of hydrogen-bond acceptors (Lipinski definition) is 2. The second kappa shape index (κ2) is 9.68. The highest BCUT2D eigenvalue weighted by Gasteiger charge is 2.25. The maximum atomic E-state index is 6.36. The first-order chi connectivity index (χ1) is 13.0. The zero-order valence-corrected chi connectivity index (χ0v) is 17.8. The van der Waals surface area contributed by atoms with Crippen molar-refractivity contribution < 1.29 is 0 Å². The second-order valence-electron chi connectivity index (χ2n) is 7.01. The van der Waals surface area contributed by atoms with E-state index in [9.17, 15) is 0 Å². The Morgan fingerprint density at radius 2 is 1.81 bits per heavy atom. The molecule has 0 aliphatic heterocycles. The number of rotatable bonds is 9. The molecule has 0 aliphatic rings. The van der Waals surface area contributed by atoms with Crippen molar-refractivity contribution in [2.75, 3.05) is 0 Å². The predicted octanol–water partition coefficient (Wildman–Crippen LogP) is 6.90. The Bertz CT molecular complexity index is 834. The number of nitrogens with zero attached hydrogens (tertiary/aromatic N) is 2. The fourth-order valence-electron chi connectivity index (χ4n) is 2.98. The van der Waals surface area contributed by atoms with Crippen molar-refractivity contribution in [2.24, 2.45) is 0 Å². The Balaban J connectivity index is 1.66. The fourth-order valence-corrected chi connectivity index (χ4v) is 4.63. The molecule has 3 aromatic rings. The molecule has 3 rings (SSSR count). The predicted molar refractivity (Wildman–Crippen MR) is 118 cm³/mol. The Hall–Kier alpha value is -1.42. The first-order valence-corrected chi connectivity index (χ1v) is 10.9. The van der Waals surface area contributed by atoms with Crippen molar-refractivity contribution in [3.05, 3.63) is 88.4 Å². The summed E-state index contributed by atoms with van der Waals surface area (Å²) in [5.41, 5.74) is 2.52. The second-order valence-corrected chi connectivity index (χ2v) is 9.41. The third kappa shape index (κ3) is 6.31. The molecule has 0 N–H and O–H groups in total. The molecule has 1 aromatic heterocycles. The van der Waals surface area contributed by atoms with E-state index in [1.165, 1.54) is 11.1 Å². The largest absolute Gasteiger partial charge is 0.337 e. The summed E-state index contributed by atoms with van der Waals surface area (Å²) in [6.45, 7) is 3.33. The summed E-state index contributed by atoms with van der Waals surface area (Å²) in [7, 11) is 0. The van der Waals surface area contributed by atoms with E-state index in [0.717, 1.165) is 41.6 Å². The standard InChI is InChI=1S/C22H24Cl2N2S/c1-22(12-14-26-15-13-25-17-26,11-10-18-6-8-20(23)9-7-18)27-16-19-4-2-3-5-21(19)24/h2-9,13,15,17H,10-12,14,16H2,1H3. The number of thioether (sulfide) groups is 1. The van der Waals surface area contributed by atoms with Gasteiger partial charge in [0.1, 0.15) is 0 Å². The summed E-state index contributed by atoms with van der Waals surface area (Å²) in [4.78, 5) is 4.16. The molecule has 2 aromatic carbocycles. The third-order valence-electron chi connectivity index (χ3n) is 4.85. The molecule has 0 saturated carbocycles. The summed E-state index contributed by atoms with van der Waals surface area (Å²) < 4.78 is 2.29. The van der Waals surface area contributed by atoms with E-state index in [-0.39, 0.29) is 4.75 Å². The topological polar surface area (TPSA) is 17.8 Å². The average Bonchev–Trinajstić information content (AvgIpc) is 3.19. The van der Waals surface area contributed by atoms with Crippen LogP contribution in [0, 0.1) is 0 Å². The van der Waals surface area contributed by atoms with E-state index in [4.69, 9.17) is 23.2 Å². The molecular weight excluding hydrogens is 395 g/mol. The van der Waals surface area contributed by atoms with Crippen molar-refractivity contribution in [2.45, 2.75) is 43.2 Å². The van der Waals surface area contributed by atoms with Crippen LogP contribution >= 0.6 is 35.0 Å². The lowest BCUT2D eigenvalue weighted by atomic mass is 9.97. The van der Waals surface area contributed by atoms with Gasteiger partial charge >= 0.3 is 0 Å². The zero-order valence-electron chi connectivity index (χ0n) is 15.4. The van der Waals surface area contributed by atoms with Gasteiger partial charge in [-0.05, 0) is 48.6 Å². The molecule has 142 valence electrons. The van der Waals surface area contributed by atoms with Crippen LogP contribution in [-0.4, -0.2) is 14.3 Å². The SMILES string of the molecule is CC(CCc1ccc(Cl)cc1)(CCn1ccnc1)SCc1ccccc1Cl. The van der Waals surface area contributed by atoms with Crippen LogP contribution in [0.25, 0.3) is 0 Å². The van der Waals surface area contributed by atoms with Crippen LogP contribution in [0.1, 0.15) is 30.9 Å². The van der Waals surface area contributed by atoms with E-state index in [0.29, 0.717) is 0 Å². The number of halogens is 2. The minimum Gasteiger partial charge on any atom is -0.337 e. The molecule has 1 unspecified atom stereocenters. The van der Waals surface area contributed by atoms with Gasteiger partial charge in [0.25, 0.3) is 0 Å². The van der Waals surface area contributed by atoms with Gasteiger partial charge in [-0.25, -0.2) is 4.98 Å². The molecular formula is C22H24Cl2N2S. The van der Waals surface area contributed by atoms with Gasteiger partial charge in [0.2, 0.25) is 0 Å². The number of aryl methyl sites for hydroxylation is 2. The Labute approximate surface area is 175 Å². The van der Waals surface area contributed by atoms with Crippen molar-refractivity contribution in [3.63, 3.8) is 0 Å². The van der Waals surface area contributed by atoms with Gasteiger partial charge in [-0.2, -0.15) is 11.8 Å². The lowest BCUT2D eigenvalue weighted by molar-refractivity contribution is 0.492. The average molecular weight is 419 g/mol. The summed E-state index contributed by atoms with van der Waals surface area (Å²) in [5, 5.41) is 1.63. The lowest BCUT2D eigenvalue weighted by Gasteiger charge is -2.30. The van der Waals surface area contributed by atoms with Crippen LogP contribution in [0.4, 0.5) is 0 Å². The van der Waals surface area contributed by atoms with E-state index in [2.05, 4.69) is 40.7 Å². The van der Waals surface area contributed by atoms with Gasteiger partial charge < -0.3 is 4.57 Å². The first-order valence-electron chi connectivity index (χ1n) is 9.12. The molecule has 5 heteroatoms. The van der Waals surface area contributed by atoms with Gasteiger partial charge in [0.15, 0.2) is 0 Å². The van der Waals surface area contributed by atoms with Crippen molar-refractivity contribution in [1.29, 1.82) is 0 Å². The Morgan fingerprint density at radius 1 is 1.04 bits per heavy atom. The molecule has 0 fully saturated rings. The molecule has 0 bridgehead atoms. The van der Waals surface area contributed by atoms with Crippen LogP contribution in [0.2, 0.25) is 10.0 Å². The van der Waals surface area contributed by atoms with Crippen molar-refractivity contribution >= 4 is 35.0 Å². The van der Waals surface area contributed by atoms with Crippen molar-refractivity contribution in [3.8, 4) is 0 Å². The van der Waals surface area contributed by atoms with E-state index in [1.807, 2.05) is 54.7 Å². The lowest BCUT2D eigenvalue weighted by Crippen LogP contribution is -2.23.